The van der Waals surface area contributed by atoms with Gasteiger partial charge in [0.25, 0.3) is 5.91 Å². The second kappa shape index (κ2) is 5.58. The van der Waals surface area contributed by atoms with E-state index in [2.05, 4.69) is 21.2 Å². The van der Waals surface area contributed by atoms with Gasteiger partial charge in [0.15, 0.2) is 0 Å². The molecule has 21 heavy (non-hydrogen) atoms. The van der Waals surface area contributed by atoms with Crippen molar-refractivity contribution in [3.05, 3.63) is 63.2 Å². The standard InChI is InChI=1S/C16H11BrFNOS/c1-9-6-12(4-5-13(9)17)19-16(20)15-7-10-2-3-11(18)8-14(10)21-15/h2-8H,1H3,(H,19,20). The van der Waals surface area contributed by atoms with E-state index >= 15 is 0 Å². The van der Waals surface area contributed by atoms with Gasteiger partial charge < -0.3 is 5.32 Å². The van der Waals surface area contributed by atoms with Gasteiger partial charge in [0.2, 0.25) is 0 Å². The Kier molecular flexibility index (Phi) is 3.78. The lowest BCUT2D eigenvalue weighted by Gasteiger charge is -2.05. The molecular weight excluding hydrogens is 353 g/mol. The van der Waals surface area contributed by atoms with Crippen LogP contribution in [0.5, 0.6) is 0 Å². The molecule has 2 nitrogen and oxygen atoms in total. The summed E-state index contributed by atoms with van der Waals surface area (Å²) >= 11 is 4.71. The van der Waals surface area contributed by atoms with Crippen molar-refractivity contribution < 1.29 is 9.18 Å². The second-order valence-electron chi connectivity index (χ2n) is 4.71. The second-order valence-corrected chi connectivity index (χ2v) is 6.65. The van der Waals surface area contributed by atoms with E-state index in [1.54, 1.807) is 12.1 Å². The summed E-state index contributed by atoms with van der Waals surface area (Å²) in [5.41, 5.74) is 1.79. The average Bonchev–Trinajstić information content (AvgIpc) is 2.86. The summed E-state index contributed by atoms with van der Waals surface area (Å²) < 4.78 is 14.9. The van der Waals surface area contributed by atoms with Crippen LogP contribution in [0.1, 0.15) is 15.2 Å². The maximum Gasteiger partial charge on any atom is 0.265 e. The number of carbonyl (C=O) groups is 1. The third kappa shape index (κ3) is 2.99. The number of hydrogen-bond acceptors (Lipinski definition) is 2. The van der Waals surface area contributed by atoms with Crippen molar-refractivity contribution in [3.63, 3.8) is 0 Å². The molecule has 106 valence electrons. The van der Waals surface area contributed by atoms with Crippen LogP contribution in [-0.4, -0.2) is 5.91 Å². The van der Waals surface area contributed by atoms with Crippen molar-refractivity contribution >= 4 is 48.9 Å². The van der Waals surface area contributed by atoms with E-state index in [-0.39, 0.29) is 11.7 Å². The highest BCUT2D eigenvalue weighted by Crippen LogP contribution is 2.27. The van der Waals surface area contributed by atoms with Crippen LogP contribution in [0, 0.1) is 12.7 Å². The van der Waals surface area contributed by atoms with Crippen LogP contribution < -0.4 is 5.32 Å². The van der Waals surface area contributed by atoms with Gasteiger partial charge in [-0.25, -0.2) is 4.39 Å². The number of nitrogens with one attached hydrogen (secondary N) is 1. The highest BCUT2D eigenvalue weighted by Gasteiger charge is 2.11. The quantitative estimate of drug-likeness (QED) is 0.651. The zero-order chi connectivity index (χ0) is 15.0. The molecule has 0 spiro atoms. The molecule has 0 saturated heterocycles. The average molecular weight is 364 g/mol. The lowest BCUT2D eigenvalue weighted by molar-refractivity contribution is 0.103. The summed E-state index contributed by atoms with van der Waals surface area (Å²) in [7, 11) is 0. The number of anilines is 1. The van der Waals surface area contributed by atoms with Gasteiger partial charge in [-0.05, 0) is 54.3 Å². The minimum atomic E-state index is -0.292. The molecule has 0 saturated carbocycles. The van der Waals surface area contributed by atoms with Gasteiger partial charge in [-0.1, -0.05) is 22.0 Å². The third-order valence-corrected chi connectivity index (χ3v) is 5.11. The Balaban J connectivity index is 1.87. The lowest BCUT2D eigenvalue weighted by Crippen LogP contribution is -2.10. The van der Waals surface area contributed by atoms with Gasteiger partial charge in [-0.15, -0.1) is 11.3 Å². The van der Waals surface area contributed by atoms with Gasteiger partial charge in [0.1, 0.15) is 5.82 Å². The molecule has 0 radical (unpaired) electrons. The molecule has 0 fully saturated rings. The molecule has 3 aromatic rings. The topological polar surface area (TPSA) is 29.1 Å². The monoisotopic (exact) mass is 363 g/mol. The zero-order valence-corrected chi connectivity index (χ0v) is 13.5. The maximum atomic E-state index is 13.2. The molecule has 0 aliphatic heterocycles. The molecule has 0 aliphatic rings. The Labute approximate surface area is 133 Å². The van der Waals surface area contributed by atoms with E-state index in [1.165, 1.54) is 23.5 Å². The molecule has 1 aromatic heterocycles. The van der Waals surface area contributed by atoms with E-state index in [9.17, 15) is 9.18 Å². The van der Waals surface area contributed by atoms with Gasteiger partial charge in [-0.2, -0.15) is 0 Å². The van der Waals surface area contributed by atoms with Crippen LogP contribution in [0.4, 0.5) is 10.1 Å². The molecular formula is C16H11BrFNOS. The lowest BCUT2D eigenvalue weighted by atomic mass is 10.2. The molecule has 0 bridgehead atoms. The molecule has 0 atom stereocenters. The van der Waals surface area contributed by atoms with Crippen molar-refractivity contribution in [1.29, 1.82) is 0 Å². The zero-order valence-electron chi connectivity index (χ0n) is 11.1. The fourth-order valence-corrected chi connectivity index (χ4v) is 3.26. The van der Waals surface area contributed by atoms with E-state index < -0.39 is 0 Å². The highest BCUT2D eigenvalue weighted by molar-refractivity contribution is 9.10. The van der Waals surface area contributed by atoms with Crippen LogP contribution in [0.15, 0.2) is 46.9 Å². The van der Waals surface area contributed by atoms with Crippen molar-refractivity contribution in [2.75, 3.05) is 5.32 Å². The van der Waals surface area contributed by atoms with E-state index in [1.807, 2.05) is 25.1 Å². The minimum absolute atomic E-state index is 0.182. The predicted molar refractivity (Wildman–Crippen MR) is 88.6 cm³/mol. The number of rotatable bonds is 2. The van der Waals surface area contributed by atoms with Crippen LogP contribution >= 0.6 is 27.3 Å². The molecule has 1 heterocycles. The van der Waals surface area contributed by atoms with E-state index in [0.717, 1.165) is 25.8 Å². The number of amides is 1. The minimum Gasteiger partial charge on any atom is -0.321 e. The number of fused-ring (bicyclic) bond motifs is 1. The first kappa shape index (κ1) is 14.2. The fourth-order valence-electron chi connectivity index (χ4n) is 2.03. The van der Waals surface area contributed by atoms with Crippen molar-refractivity contribution in [2.45, 2.75) is 6.92 Å². The SMILES string of the molecule is Cc1cc(NC(=O)c2cc3ccc(F)cc3s2)ccc1Br. The number of thiophene rings is 1. The smallest absolute Gasteiger partial charge is 0.265 e. The molecule has 0 aliphatic carbocycles. The summed E-state index contributed by atoms with van der Waals surface area (Å²) in [5.74, 6) is -0.474. The van der Waals surface area contributed by atoms with Gasteiger partial charge in [0.05, 0.1) is 4.88 Å². The molecule has 0 unspecified atom stereocenters. The van der Waals surface area contributed by atoms with Crippen molar-refractivity contribution in [3.8, 4) is 0 Å². The van der Waals surface area contributed by atoms with E-state index in [4.69, 9.17) is 0 Å². The van der Waals surface area contributed by atoms with Crippen LogP contribution in [0.25, 0.3) is 10.1 Å². The number of carbonyl (C=O) groups excluding carboxylic acids is 1. The number of hydrogen-bond donors (Lipinski definition) is 1. The Hall–Kier alpha value is -1.72. The summed E-state index contributed by atoms with van der Waals surface area (Å²) in [4.78, 5) is 12.8. The normalized spacial score (nSPS) is 10.8. The molecule has 5 heteroatoms. The first-order valence-electron chi connectivity index (χ1n) is 6.29. The van der Waals surface area contributed by atoms with Gasteiger partial charge >= 0.3 is 0 Å². The predicted octanol–water partition coefficient (Wildman–Crippen LogP) is 5.36. The van der Waals surface area contributed by atoms with Crippen molar-refractivity contribution in [1.82, 2.24) is 0 Å². The first-order valence-corrected chi connectivity index (χ1v) is 7.90. The van der Waals surface area contributed by atoms with Crippen LogP contribution in [0.3, 0.4) is 0 Å². The van der Waals surface area contributed by atoms with Gasteiger partial charge in [-0.3, -0.25) is 4.79 Å². The van der Waals surface area contributed by atoms with Crippen molar-refractivity contribution in [2.24, 2.45) is 0 Å². The van der Waals surface area contributed by atoms with E-state index in [0.29, 0.717) is 4.88 Å². The Morgan fingerprint density at radius 3 is 2.76 bits per heavy atom. The maximum absolute atomic E-state index is 13.2. The first-order chi connectivity index (χ1) is 10.0. The molecule has 1 N–H and O–H groups in total. The summed E-state index contributed by atoms with van der Waals surface area (Å²) in [6, 6.07) is 11.9. The third-order valence-electron chi connectivity index (χ3n) is 3.12. The van der Waals surface area contributed by atoms with Crippen LogP contribution in [0.2, 0.25) is 0 Å². The largest absolute Gasteiger partial charge is 0.321 e. The number of benzene rings is 2. The molecule has 3 rings (SSSR count). The Bertz CT molecular complexity index is 843. The Morgan fingerprint density at radius 1 is 1.19 bits per heavy atom. The summed E-state index contributed by atoms with van der Waals surface area (Å²) in [6.45, 7) is 1.96. The molecule has 2 aromatic carbocycles. The molecule has 1 amide bonds. The summed E-state index contributed by atoms with van der Waals surface area (Å²) in [6.07, 6.45) is 0. The van der Waals surface area contributed by atoms with Crippen LogP contribution in [-0.2, 0) is 0 Å². The number of halogens is 2. The van der Waals surface area contributed by atoms with Gasteiger partial charge in [0, 0.05) is 14.9 Å². The number of aryl methyl sites for hydroxylation is 1. The summed E-state index contributed by atoms with van der Waals surface area (Å²) in [5, 5.41) is 3.73. The highest BCUT2D eigenvalue weighted by atomic mass is 79.9. The Morgan fingerprint density at radius 2 is 2.00 bits per heavy atom. The fraction of sp³-hybridized carbons (Fsp3) is 0.0625.